The quantitative estimate of drug-likeness (QED) is 0.144. The summed E-state index contributed by atoms with van der Waals surface area (Å²) in [4.78, 5) is 22.3. The fourth-order valence-electron chi connectivity index (χ4n) is 2.77. The molecule has 0 aliphatic rings. The van der Waals surface area contributed by atoms with Crippen LogP contribution in [-0.2, 0) is 14.3 Å². The SMILES string of the molecule is CCCCCCCCC=CCCCCCC=CC(=O)CC(O)COC(C)=O. The molecule has 0 bridgehead atoms. The molecule has 0 fully saturated rings. The van der Waals surface area contributed by atoms with Gasteiger partial charge in [-0.3, -0.25) is 9.59 Å². The summed E-state index contributed by atoms with van der Waals surface area (Å²) >= 11 is 0. The third-order valence-corrected chi connectivity index (χ3v) is 4.35. The van der Waals surface area contributed by atoms with Crippen molar-refractivity contribution in [3.05, 3.63) is 24.3 Å². The molecule has 0 saturated heterocycles. The van der Waals surface area contributed by atoms with Gasteiger partial charge in [-0.25, -0.2) is 0 Å². The summed E-state index contributed by atoms with van der Waals surface area (Å²) in [5, 5.41) is 9.56. The van der Waals surface area contributed by atoms with Crippen LogP contribution in [0.2, 0.25) is 0 Å². The van der Waals surface area contributed by atoms with E-state index in [0.29, 0.717) is 0 Å². The summed E-state index contributed by atoms with van der Waals surface area (Å²) in [5.41, 5.74) is 0. The number of esters is 1. The van der Waals surface area contributed by atoms with Gasteiger partial charge in [0.1, 0.15) is 6.61 Å². The van der Waals surface area contributed by atoms with Gasteiger partial charge in [-0.05, 0) is 44.6 Å². The highest BCUT2D eigenvalue weighted by Crippen LogP contribution is 2.09. The van der Waals surface area contributed by atoms with Crippen LogP contribution in [0.4, 0.5) is 0 Å². The van der Waals surface area contributed by atoms with Crippen LogP contribution in [0.5, 0.6) is 0 Å². The number of hydrogen-bond donors (Lipinski definition) is 1. The lowest BCUT2D eigenvalue weighted by atomic mass is 10.1. The van der Waals surface area contributed by atoms with Crippen molar-refractivity contribution in [1.29, 1.82) is 0 Å². The van der Waals surface area contributed by atoms with Crippen molar-refractivity contribution in [3.8, 4) is 0 Å². The van der Waals surface area contributed by atoms with Gasteiger partial charge in [0.2, 0.25) is 0 Å². The van der Waals surface area contributed by atoms with Crippen LogP contribution < -0.4 is 0 Å². The standard InChI is InChI=1S/C23H40O4/c1-3-4-5-6-7-8-9-10-11-12-13-14-15-16-17-18-22(25)19-23(26)20-27-21(2)24/h10-11,17-18,23,26H,3-9,12-16,19-20H2,1-2H3. The first-order valence-corrected chi connectivity index (χ1v) is 10.7. The Morgan fingerprint density at radius 3 is 1.96 bits per heavy atom. The lowest BCUT2D eigenvalue weighted by molar-refractivity contribution is -0.144. The molecule has 0 rings (SSSR count). The molecule has 0 heterocycles. The molecule has 0 saturated carbocycles. The smallest absolute Gasteiger partial charge is 0.302 e. The van der Waals surface area contributed by atoms with Gasteiger partial charge in [-0.1, -0.05) is 63.7 Å². The van der Waals surface area contributed by atoms with Crippen molar-refractivity contribution in [2.45, 2.75) is 103 Å². The minimum absolute atomic E-state index is 0.00677. The molecular weight excluding hydrogens is 340 g/mol. The Morgan fingerprint density at radius 2 is 1.37 bits per heavy atom. The van der Waals surface area contributed by atoms with Gasteiger partial charge >= 0.3 is 5.97 Å². The lowest BCUT2D eigenvalue weighted by Gasteiger charge is -2.07. The monoisotopic (exact) mass is 380 g/mol. The molecular formula is C23H40O4. The Kier molecular flexibility index (Phi) is 18.3. The number of aliphatic hydroxyl groups excluding tert-OH is 1. The first-order chi connectivity index (χ1) is 13.1. The van der Waals surface area contributed by atoms with Crippen LogP contribution in [0.3, 0.4) is 0 Å². The van der Waals surface area contributed by atoms with Gasteiger partial charge in [-0.2, -0.15) is 0 Å². The number of ketones is 1. The summed E-state index contributed by atoms with van der Waals surface area (Å²) in [5.74, 6) is -0.582. The Hall–Kier alpha value is -1.42. The second-order valence-corrected chi connectivity index (χ2v) is 7.20. The highest BCUT2D eigenvalue weighted by atomic mass is 16.5. The van der Waals surface area contributed by atoms with E-state index in [0.717, 1.165) is 25.7 Å². The van der Waals surface area contributed by atoms with Crippen LogP contribution in [0.1, 0.15) is 97.3 Å². The van der Waals surface area contributed by atoms with Gasteiger partial charge in [-0.15, -0.1) is 0 Å². The Bertz CT molecular complexity index is 426. The highest BCUT2D eigenvalue weighted by Gasteiger charge is 2.09. The Morgan fingerprint density at radius 1 is 0.852 bits per heavy atom. The third kappa shape index (κ3) is 20.7. The van der Waals surface area contributed by atoms with Crippen molar-refractivity contribution in [1.82, 2.24) is 0 Å². The van der Waals surface area contributed by atoms with E-state index in [1.165, 1.54) is 64.4 Å². The van der Waals surface area contributed by atoms with Crippen molar-refractivity contribution in [2.75, 3.05) is 6.61 Å². The minimum atomic E-state index is -0.922. The normalized spacial score (nSPS) is 12.7. The molecule has 0 aromatic heterocycles. The maximum absolute atomic E-state index is 11.6. The predicted octanol–water partition coefficient (Wildman–Crippen LogP) is 5.68. The summed E-state index contributed by atoms with van der Waals surface area (Å²) in [6, 6.07) is 0. The average Bonchev–Trinajstić information content (AvgIpc) is 2.63. The fourth-order valence-corrected chi connectivity index (χ4v) is 2.77. The molecule has 1 atom stereocenters. The van der Waals surface area contributed by atoms with Crippen LogP contribution in [0, 0.1) is 0 Å². The van der Waals surface area contributed by atoms with E-state index in [4.69, 9.17) is 0 Å². The molecule has 1 unspecified atom stereocenters. The molecule has 0 spiro atoms. The number of carbonyl (C=O) groups excluding carboxylic acids is 2. The number of unbranched alkanes of at least 4 members (excludes halogenated alkanes) is 10. The molecule has 0 radical (unpaired) electrons. The second-order valence-electron chi connectivity index (χ2n) is 7.20. The molecule has 0 aromatic rings. The number of carbonyl (C=O) groups is 2. The van der Waals surface area contributed by atoms with Crippen LogP contribution >= 0.6 is 0 Å². The Labute approximate surface area is 166 Å². The molecule has 27 heavy (non-hydrogen) atoms. The van der Waals surface area contributed by atoms with E-state index < -0.39 is 12.1 Å². The Balaban J connectivity index is 3.44. The zero-order valence-corrected chi connectivity index (χ0v) is 17.5. The van der Waals surface area contributed by atoms with Crippen LogP contribution in [0.25, 0.3) is 0 Å². The molecule has 0 aliphatic heterocycles. The number of rotatable bonds is 18. The van der Waals surface area contributed by atoms with E-state index in [-0.39, 0.29) is 18.8 Å². The van der Waals surface area contributed by atoms with Crippen molar-refractivity contribution in [3.63, 3.8) is 0 Å². The molecule has 156 valence electrons. The topological polar surface area (TPSA) is 63.6 Å². The van der Waals surface area contributed by atoms with Gasteiger partial charge in [0, 0.05) is 13.3 Å². The zero-order valence-electron chi connectivity index (χ0n) is 17.5. The highest BCUT2D eigenvalue weighted by molar-refractivity contribution is 5.89. The van der Waals surface area contributed by atoms with Gasteiger partial charge < -0.3 is 9.84 Å². The summed E-state index contributed by atoms with van der Waals surface area (Å²) in [7, 11) is 0. The van der Waals surface area contributed by atoms with E-state index in [2.05, 4.69) is 23.8 Å². The fraction of sp³-hybridized carbons (Fsp3) is 0.739. The first kappa shape index (κ1) is 25.6. The average molecular weight is 381 g/mol. The van der Waals surface area contributed by atoms with E-state index in [9.17, 15) is 14.7 Å². The van der Waals surface area contributed by atoms with Crippen LogP contribution in [-0.4, -0.2) is 29.6 Å². The zero-order chi connectivity index (χ0) is 20.2. The number of hydrogen-bond acceptors (Lipinski definition) is 4. The van der Waals surface area contributed by atoms with Gasteiger partial charge in [0.25, 0.3) is 0 Å². The van der Waals surface area contributed by atoms with E-state index >= 15 is 0 Å². The molecule has 4 nitrogen and oxygen atoms in total. The van der Waals surface area contributed by atoms with Crippen molar-refractivity contribution in [2.24, 2.45) is 0 Å². The number of aliphatic hydroxyl groups is 1. The van der Waals surface area contributed by atoms with Crippen LogP contribution in [0.15, 0.2) is 24.3 Å². The van der Waals surface area contributed by atoms with Crippen molar-refractivity contribution >= 4 is 11.8 Å². The largest absolute Gasteiger partial charge is 0.463 e. The van der Waals surface area contributed by atoms with Crippen molar-refractivity contribution < 1.29 is 19.4 Å². The summed E-state index contributed by atoms with van der Waals surface area (Å²) in [6.45, 7) is 3.40. The van der Waals surface area contributed by atoms with Gasteiger partial charge in [0.05, 0.1) is 6.10 Å². The maximum Gasteiger partial charge on any atom is 0.302 e. The summed E-state index contributed by atoms with van der Waals surface area (Å²) < 4.78 is 4.66. The summed E-state index contributed by atoms with van der Waals surface area (Å²) in [6.07, 6.45) is 21.9. The first-order valence-electron chi connectivity index (χ1n) is 10.7. The molecule has 4 heteroatoms. The van der Waals surface area contributed by atoms with E-state index in [1.54, 1.807) is 0 Å². The predicted molar refractivity (Wildman–Crippen MR) is 112 cm³/mol. The molecule has 1 N–H and O–H groups in total. The molecule has 0 aliphatic carbocycles. The second kappa shape index (κ2) is 19.3. The van der Waals surface area contributed by atoms with Gasteiger partial charge in [0.15, 0.2) is 5.78 Å². The lowest BCUT2D eigenvalue weighted by Crippen LogP contribution is -2.20. The minimum Gasteiger partial charge on any atom is -0.463 e. The number of allylic oxidation sites excluding steroid dienone is 4. The number of ether oxygens (including phenoxy) is 1. The third-order valence-electron chi connectivity index (χ3n) is 4.35. The molecule has 0 amide bonds. The van der Waals surface area contributed by atoms with E-state index in [1.807, 2.05) is 6.08 Å². The molecule has 0 aromatic carbocycles. The maximum atomic E-state index is 11.6.